The van der Waals surface area contributed by atoms with Crippen LogP contribution in [0.3, 0.4) is 0 Å². The molecular formula is C16H15Cl2NO2. The summed E-state index contributed by atoms with van der Waals surface area (Å²) in [5.41, 5.74) is 1.46. The first-order valence-electron chi connectivity index (χ1n) is 6.56. The van der Waals surface area contributed by atoms with Gasteiger partial charge in [0.25, 0.3) is 5.91 Å². The van der Waals surface area contributed by atoms with E-state index in [0.717, 1.165) is 12.0 Å². The average molecular weight is 324 g/mol. The van der Waals surface area contributed by atoms with Gasteiger partial charge in [-0.25, -0.2) is 0 Å². The minimum absolute atomic E-state index is 0.0986. The summed E-state index contributed by atoms with van der Waals surface area (Å²) in [5.74, 6) is 0.399. The number of carbonyl (C=O) groups is 1. The number of benzene rings is 2. The van der Waals surface area contributed by atoms with Crippen LogP contribution in [-0.2, 0) is 11.2 Å². The molecule has 0 bridgehead atoms. The maximum Gasteiger partial charge on any atom is 0.262 e. The molecule has 1 N–H and O–H groups in total. The van der Waals surface area contributed by atoms with Crippen molar-refractivity contribution >= 4 is 34.8 Å². The van der Waals surface area contributed by atoms with Crippen LogP contribution in [0.25, 0.3) is 0 Å². The molecule has 0 aliphatic heterocycles. The lowest BCUT2D eigenvalue weighted by Crippen LogP contribution is -2.20. The summed E-state index contributed by atoms with van der Waals surface area (Å²) in [5, 5.41) is 3.45. The van der Waals surface area contributed by atoms with Gasteiger partial charge in [0.15, 0.2) is 6.61 Å². The van der Waals surface area contributed by atoms with Crippen molar-refractivity contribution in [1.29, 1.82) is 0 Å². The molecule has 0 saturated carbocycles. The Morgan fingerprint density at radius 2 is 1.76 bits per heavy atom. The molecule has 0 radical (unpaired) electrons. The average Bonchev–Trinajstić information content (AvgIpc) is 2.49. The van der Waals surface area contributed by atoms with Crippen molar-refractivity contribution in [2.75, 3.05) is 11.9 Å². The summed E-state index contributed by atoms with van der Waals surface area (Å²) in [6, 6.07) is 12.7. The van der Waals surface area contributed by atoms with Crippen molar-refractivity contribution in [3.63, 3.8) is 0 Å². The van der Waals surface area contributed by atoms with Gasteiger partial charge in [0.1, 0.15) is 5.75 Å². The standard InChI is InChI=1S/C16H15Cl2NO2/c1-2-11-6-3-4-9-14(11)21-10-15(20)19-16-12(17)7-5-8-13(16)18/h3-9H,2,10H2,1H3,(H,19,20). The number of hydrogen-bond donors (Lipinski definition) is 1. The van der Waals surface area contributed by atoms with Crippen molar-refractivity contribution in [2.24, 2.45) is 0 Å². The van der Waals surface area contributed by atoms with E-state index < -0.39 is 0 Å². The quantitative estimate of drug-likeness (QED) is 0.875. The highest BCUT2D eigenvalue weighted by atomic mass is 35.5. The van der Waals surface area contributed by atoms with Gasteiger partial charge >= 0.3 is 0 Å². The highest BCUT2D eigenvalue weighted by molar-refractivity contribution is 6.39. The number of halogens is 2. The van der Waals surface area contributed by atoms with Crippen molar-refractivity contribution in [1.82, 2.24) is 0 Å². The SMILES string of the molecule is CCc1ccccc1OCC(=O)Nc1c(Cl)cccc1Cl. The van der Waals surface area contributed by atoms with Gasteiger partial charge in [-0.2, -0.15) is 0 Å². The molecule has 5 heteroatoms. The van der Waals surface area contributed by atoms with E-state index >= 15 is 0 Å². The van der Waals surface area contributed by atoms with Gasteiger partial charge in [-0.3, -0.25) is 4.79 Å². The molecule has 0 aromatic heterocycles. The van der Waals surface area contributed by atoms with Gasteiger partial charge in [0.05, 0.1) is 15.7 Å². The third-order valence-corrected chi connectivity index (χ3v) is 3.57. The highest BCUT2D eigenvalue weighted by Gasteiger charge is 2.10. The molecule has 21 heavy (non-hydrogen) atoms. The molecule has 0 aliphatic rings. The molecule has 110 valence electrons. The summed E-state index contributed by atoms with van der Waals surface area (Å²) in [7, 11) is 0. The largest absolute Gasteiger partial charge is 0.483 e. The van der Waals surface area contributed by atoms with Crippen LogP contribution < -0.4 is 10.1 Å². The number of para-hydroxylation sites is 2. The summed E-state index contributed by atoms with van der Waals surface area (Å²) in [4.78, 5) is 11.9. The number of carbonyl (C=O) groups excluding carboxylic acids is 1. The fourth-order valence-electron chi connectivity index (χ4n) is 1.87. The van der Waals surface area contributed by atoms with Gasteiger partial charge in [-0.15, -0.1) is 0 Å². The molecular weight excluding hydrogens is 309 g/mol. The maximum atomic E-state index is 11.9. The highest BCUT2D eigenvalue weighted by Crippen LogP contribution is 2.29. The Bertz CT molecular complexity index is 624. The lowest BCUT2D eigenvalue weighted by Gasteiger charge is -2.12. The van der Waals surface area contributed by atoms with Gasteiger partial charge in [0, 0.05) is 0 Å². The second kappa shape index (κ2) is 7.34. The summed E-state index contributed by atoms with van der Waals surface area (Å²) in [6.07, 6.45) is 0.841. The normalized spacial score (nSPS) is 10.2. The molecule has 2 rings (SSSR count). The van der Waals surface area contributed by atoms with Crippen LogP contribution in [-0.4, -0.2) is 12.5 Å². The summed E-state index contributed by atoms with van der Waals surface area (Å²) < 4.78 is 5.54. The van der Waals surface area contributed by atoms with Crippen LogP contribution in [0.2, 0.25) is 10.0 Å². The van der Waals surface area contributed by atoms with E-state index in [0.29, 0.717) is 21.5 Å². The van der Waals surface area contributed by atoms with Crippen LogP contribution in [0.4, 0.5) is 5.69 Å². The first-order chi connectivity index (χ1) is 10.1. The van der Waals surface area contributed by atoms with E-state index in [1.807, 2.05) is 31.2 Å². The molecule has 0 unspecified atom stereocenters. The zero-order chi connectivity index (χ0) is 15.2. The zero-order valence-corrected chi connectivity index (χ0v) is 13.0. The Kier molecular flexibility index (Phi) is 5.48. The minimum Gasteiger partial charge on any atom is -0.483 e. The van der Waals surface area contributed by atoms with E-state index in [1.54, 1.807) is 18.2 Å². The van der Waals surface area contributed by atoms with Crippen LogP contribution >= 0.6 is 23.2 Å². The number of hydrogen-bond acceptors (Lipinski definition) is 2. The second-order valence-corrected chi connectivity index (χ2v) is 5.21. The number of rotatable bonds is 5. The second-order valence-electron chi connectivity index (χ2n) is 4.39. The van der Waals surface area contributed by atoms with E-state index in [-0.39, 0.29) is 12.5 Å². The monoisotopic (exact) mass is 323 g/mol. The molecule has 1 amide bonds. The van der Waals surface area contributed by atoms with Crippen LogP contribution in [0.5, 0.6) is 5.75 Å². The molecule has 3 nitrogen and oxygen atoms in total. The smallest absolute Gasteiger partial charge is 0.262 e. The molecule has 0 atom stereocenters. The van der Waals surface area contributed by atoms with Gasteiger partial charge < -0.3 is 10.1 Å². The van der Waals surface area contributed by atoms with Gasteiger partial charge in [-0.1, -0.05) is 54.4 Å². The van der Waals surface area contributed by atoms with Crippen molar-refractivity contribution in [3.05, 3.63) is 58.1 Å². The van der Waals surface area contributed by atoms with Crippen molar-refractivity contribution < 1.29 is 9.53 Å². The van der Waals surface area contributed by atoms with Crippen LogP contribution in [0, 0.1) is 0 Å². The lowest BCUT2D eigenvalue weighted by molar-refractivity contribution is -0.118. The van der Waals surface area contributed by atoms with Crippen LogP contribution in [0.1, 0.15) is 12.5 Å². The Morgan fingerprint density at radius 3 is 2.43 bits per heavy atom. The maximum absolute atomic E-state index is 11.9. The van der Waals surface area contributed by atoms with Crippen LogP contribution in [0.15, 0.2) is 42.5 Å². The Hall–Kier alpha value is -1.71. The lowest BCUT2D eigenvalue weighted by atomic mass is 10.1. The molecule has 0 fully saturated rings. The topological polar surface area (TPSA) is 38.3 Å². The Morgan fingerprint density at radius 1 is 1.10 bits per heavy atom. The number of amides is 1. The molecule has 0 aliphatic carbocycles. The first-order valence-corrected chi connectivity index (χ1v) is 7.32. The van der Waals surface area contributed by atoms with Gasteiger partial charge in [0.2, 0.25) is 0 Å². The summed E-state index contributed by atoms with van der Waals surface area (Å²) >= 11 is 12.0. The Labute approximate surface area is 133 Å². The fraction of sp³-hybridized carbons (Fsp3) is 0.188. The number of anilines is 1. The third kappa shape index (κ3) is 4.13. The van der Waals surface area contributed by atoms with E-state index in [1.165, 1.54) is 0 Å². The fourth-order valence-corrected chi connectivity index (χ4v) is 2.36. The molecule has 0 heterocycles. The molecule has 0 spiro atoms. The minimum atomic E-state index is -0.309. The molecule has 0 saturated heterocycles. The summed E-state index contributed by atoms with van der Waals surface area (Å²) in [6.45, 7) is 1.93. The zero-order valence-electron chi connectivity index (χ0n) is 11.5. The first kappa shape index (κ1) is 15.7. The molecule has 2 aromatic carbocycles. The van der Waals surface area contributed by atoms with Crippen molar-refractivity contribution in [2.45, 2.75) is 13.3 Å². The van der Waals surface area contributed by atoms with E-state index in [9.17, 15) is 4.79 Å². The third-order valence-electron chi connectivity index (χ3n) is 2.94. The van der Waals surface area contributed by atoms with E-state index in [2.05, 4.69) is 5.32 Å². The number of ether oxygens (including phenoxy) is 1. The predicted octanol–water partition coefficient (Wildman–Crippen LogP) is 4.57. The number of aryl methyl sites for hydroxylation is 1. The molecule has 2 aromatic rings. The Balaban J connectivity index is 1.99. The van der Waals surface area contributed by atoms with E-state index in [4.69, 9.17) is 27.9 Å². The predicted molar refractivity (Wildman–Crippen MR) is 86.4 cm³/mol. The number of nitrogens with one attached hydrogen (secondary N) is 1. The van der Waals surface area contributed by atoms with Gasteiger partial charge in [-0.05, 0) is 30.2 Å². The van der Waals surface area contributed by atoms with Crippen molar-refractivity contribution in [3.8, 4) is 5.75 Å².